The van der Waals surface area contributed by atoms with E-state index in [-0.39, 0.29) is 11.7 Å². The molecule has 1 saturated heterocycles. The van der Waals surface area contributed by atoms with Gasteiger partial charge < -0.3 is 4.90 Å². The van der Waals surface area contributed by atoms with Gasteiger partial charge in [0.1, 0.15) is 18.5 Å². The molecule has 0 atom stereocenters. The van der Waals surface area contributed by atoms with Crippen LogP contribution in [-0.4, -0.2) is 43.6 Å². The highest BCUT2D eigenvalue weighted by atomic mass is 19.1. The molecule has 3 aromatic rings. The number of aromatic nitrogens is 4. The Bertz CT molecular complexity index is 1030. The van der Waals surface area contributed by atoms with Crippen molar-refractivity contribution in [2.75, 3.05) is 13.1 Å². The van der Waals surface area contributed by atoms with Crippen LogP contribution in [0.25, 0.3) is 5.82 Å². The first-order chi connectivity index (χ1) is 14.1. The van der Waals surface area contributed by atoms with Crippen LogP contribution in [0.1, 0.15) is 28.8 Å². The lowest BCUT2D eigenvalue weighted by Crippen LogP contribution is -2.43. The Hall–Kier alpha value is -3.60. The van der Waals surface area contributed by atoms with Crippen molar-refractivity contribution in [2.45, 2.75) is 19.3 Å². The Kier molecular flexibility index (Phi) is 5.04. The molecule has 146 valence electrons. The van der Waals surface area contributed by atoms with E-state index in [1.54, 1.807) is 35.4 Å². The summed E-state index contributed by atoms with van der Waals surface area (Å²) in [5, 5.41) is 13.9. The molecule has 2 aromatic heterocycles. The van der Waals surface area contributed by atoms with Crippen LogP contribution in [0.15, 0.2) is 55.2 Å². The molecule has 0 bridgehead atoms. The summed E-state index contributed by atoms with van der Waals surface area (Å²) in [6.07, 6.45) is 6.16. The summed E-state index contributed by atoms with van der Waals surface area (Å²) in [7, 11) is 0. The van der Waals surface area contributed by atoms with Crippen LogP contribution < -0.4 is 0 Å². The second-order valence-corrected chi connectivity index (χ2v) is 7.20. The van der Waals surface area contributed by atoms with E-state index in [9.17, 15) is 14.4 Å². The van der Waals surface area contributed by atoms with E-state index in [4.69, 9.17) is 0 Å². The fraction of sp³-hybridized carbons (Fsp3) is 0.286. The molecule has 8 heteroatoms. The summed E-state index contributed by atoms with van der Waals surface area (Å²) in [5.74, 6) is -0.00446. The molecule has 0 radical (unpaired) electrons. The lowest BCUT2D eigenvalue weighted by molar-refractivity contribution is 0.0646. The zero-order valence-electron chi connectivity index (χ0n) is 15.7. The standard InChI is InChI=1S/C21H19FN6O/c22-17-5-3-16(4-6-17)12-21(13-23)7-10-27(11-8-21)20(29)18-2-1-9-25-19(18)28-15-24-14-26-28/h1-6,9,14-15H,7-8,10-12H2. The Labute approximate surface area is 167 Å². The maximum Gasteiger partial charge on any atom is 0.257 e. The van der Waals surface area contributed by atoms with Crippen LogP contribution in [0.3, 0.4) is 0 Å². The second kappa shape index (κ2) is 7.80. The average molecular weight is 390 g/mol. The average Bonchev–Trinajstić information content (AvgIpc) is 3.30. The van der Waals surface area contributed by atoms with Crippen molar-refractivity contribution in [2.24, 2.45) is 5.41 Å². The summed E-state index contributed by atoms with van der Waals surface area (Å²) in [4.78, 5) is 23.0. The van der Waals surface area contributed by atoms with Crippen LogP contribution in [-0.2, 0) is 6.42 Å². The monoisotopic (exact) mass is 390 g/mol. The summed E-state index contributed by atoms with van der Waals surface area (Å²) >= 11 is 0. The molecule has 1 aliphatic heterocycles. The highest BCUT2D eigenvalue weighted by Gasteiger charge is 2.37. The van der Waals surface area contributed by atoms with Gasteiger partial charge in [-0.25, -0.2) is 19.0 Å². The first-order valence-electron chi connectivity index (χ1n) is 9.35. The predicted octanol–water partition coefficient (Wildman–Crippen LogP) is 2.79. The minimum absolute atomic E-state index is 0.142. The van der Waals surface area contributed by atoms with E-state index in [2.05, 4.69) is 21.1 Å². The van der Waals surface area contributed by atoms with Crippen molar-refractivity contribution in [3.63, 3.8) is 0 Å². The first-order valence-corrected chi connectivity index (χ1v) is 9.35. The van der Waals surface area contributed by atoms with Gasteiger partial charge in [0.2, 0.25) is 0 Å². The third kappa shape index (κ3) is 3.85. The number of hydrogen-bond acceptors (Lipinski definition) is 5. The topological polar surface area (TPSA) is 87.7 Å². The van der Waals surface area contributed by atoms with Crippen LogP contribution >= 0.6 is 0 Å². The quantitative estimate of drug-likeness (QED) is 0.684. The van der Waals surface area contributed by atoms with E-state index in [1.807, 2.05) is 0 Å². The second-order valence-electron chi connectivity index (χ2n) is 7.20. The van der Waals surface area contributed by atoms with Gasteiger partial charge >= 0.3 is 0 Å². The minimum Gasteiger partial charge on any atom is -0.338 e. The molecule has 29 heavy (non-hydrogen) atoms. The molecule has 1 fully saturated rings. The Morgan fingerprint density at radius 3 is 2.62 bits per heavy atom. The molecule has 3 heterocycles. The molecule has 0 N–H and O–H groups in total. The normalized spacial score (nSPS) is 15.7. The number of carbonyl (C=O) groups is 1. The number of piperidine rings is 1. The fourth-order valence-corrected chi connectivity index (χ4v) is 3.69. The van der Waals surface area contributed by atoms with Crippen molar-refractivity contribution in [1.29, 1.82) is 5.26 Å². The molecule has 4 rings (SSSR count). The largest absolute Gasteiger partial charge is 0.338 e. The highest BCUT2D eigenvalue weighted by Crippen LogP contribution is 2.35. The van der Waals surface area contributed by atoms with Crippen LogP contribution in [0, 0.1) is 22.6 Å². The van der Waals surface area contributed by atoms with Crippen LogP contribution in [0.2, 0.25) is 0 Å². The van der Waals surface area contributed by atoms with Gasteiger partial charge in [-0.05, 0) is 49.1 Å². The van der Waals surface area contributed by atoms with E-state index in [0.29, 0.717) is 43.7 Å². The van der Waals surface area contributed by atoms with Gasteiger partial charge in [0, 0.05) is 19.3 Å². The number of nitrogens with zero attached hydrogens (tertiary/aromatic N) is 6. The number of carbonyl (C=O) groups excluding carboxylic acids is 1. The molecule has 0 saturated carbocycles. The van der Waals surface area contributed by atoms with E-state index >= 15 is 0 Å². The van der Waals surface area contributed by atoms with Crippen molar-refractivity contribution < 1.29 is 9.18 Å². The molecular weight excluding hydrogens is 371 g/mol. The van der Waals surface area contributed by atoms with Gasteiger partial charge in [0.05, 0.1) is 17.0 Å². The number of pyridine rings is 1. The molecule has 1 aromatic carbocycles. The van der Waals surface area contributed by atoms with Gasteiger partial charge in [-0.15, -0.1) is 0 Å². The van der Waals surface area contributed by atoms with Gasteiger partial charge in [-0.2, -0.15) is 10.4 Å². The minimum atomic E-state index is -0.557. The molecule has 1 amide bonds. The van der Waals surface area contributed by atoms with Gasteiger partial charge in [-0.1, -0.05) is 12.1 Å². The summed E-state index contributed by atoms with van der Waals surface area (Å²) in [6, 6.07) is 12.1. The van der Waals surface area contributed by atoms with E-state index < -0.39 is 5.41 Å². The summed E-state index contributed by atoms with van der Waals surface area (Å²) < 4.78 is 14.6. The van der Waals surface area contributed by atoms with Crippen molar-refractivity contribution in [3.8, 4) is 11.9 Å². The third-order valence-corrected chi connectivity index (χ3v) is 5.35. The Balaban J connectivity index is 1.49. The van der Waals surface area contributed by atoms with E-state index in [0.717, 1.165) is 5.56 Å². The lowest BCUT2D eigenvalue weighted by atomic mass is 9.75. The Morgan fingerprint density at radius 1 is 1.21 bits per heavy atom. The number of likely N-dealkylation sites (tertiary alicyclic amines) is 1. The zero-order chi connectivity index (χ0) is 20.3. The molecular formula is C21H19FN6O. The SMILES string of the molecule is N#CC1(Cc2ccc(F)cc2)CCN(C(=O)c2cccnc2-n2cncn2)CC1. The van der Waals surface area contributed by atoms with Gasteiger partial charge in [0.15, 0.2) is 5.82 Å². The zero-order valence-corrected chi connectivity index (χ0v) is 15.7. The van der Waals surface area contributed by atoms with E-state index in [1.165, 1.54) is 29.5 Å². The predicted molar refractivity (Wildman–Crippen MR) is 102 cm³/mol. The summed E-state index contributed by atoms with van der Waals surface area (Å²) in [6.45, 7) is 0.943. The number of benzene rings is 1. The van der Waals surface area contributed by atoms with Gasteiger partial charge in [-0.3, -0.25) is 4.79 Å². The lowest BCUT2D eigenvalue weighted by Gasteiger charge is -2.37. The maximum absolute atomic E-state index is 13.2. The van der Waals surface area contributed by atoms with Gasteiger partial charge in [0.25, 0.3) is 5.91 Å². The first kappa shape index (κ1) is 18.7. The number of halogens is 1. The van der Waals surface area contributed by atoms with Crippen molar-refractivity contribution in [3.05, 3.63) is 72.2 Å². The Morgan fingerprint density at radius 2 is 1.97 bits per heavy atom. The molecule has 0 spiro atoms. The van der Waals surface area contributed by atoms with Crippen LogP contribution in [0.4, 0.5) is 4.39 Å². The number of rotatable bonds is 4. The van der Waals surface area contributed by atoms with Crippen molar-refractivity contribution >= 4 is 5.91 Å². The fourth-order valence-electron chi connectivity index (χ4n) is 3.69. The molecule has 1 aliphatic rings. The number of hydrogen-bond donors (Lipinski definition) is 0. The van der Waals surface area contributed by atoms with Crippen LogP contribution in [0.5, 0.6) is 0 Å². The smallest absolute Gasteiger partial charge is 0.257 e. The molecule has 0 aliphatic carbocycles. The highest BCUT2D eigenvalue weighted by molar-refractivity contribution is 5.97. The third-order valence-electron chi connectivity index (χ3n) is 5.35. The molecule has 0 unspecified atom stereocenters. The maximum atomic E-state index is 13.2. The number of nitriles is 1. The summed E-state index contributed by atoms with van der Waals surface area (Å²) in [5.41, 5.74) is 0.813. The molecule has 7 nitrogen and oxygen atoms in total. The number of amides is 1. The van der Waals surface area contributed by atoms with Crippen molar-refractivity contribution in [1.82, 2.24) is 24.6 Å².